The minimum absolute atomic E-state index is 0.0865. The molecule has 0 saturated heterocycles. The molecule has 0 bridgehead atoms. The van der Waals surface area contributed by atoms with Crippen LogP contribution in [0.3, 0.4) is 0 Å². The maximum atomic E-state index is 11.9. The Morgan fingerprint density at radius 3 is 2.58 bits per heavy atom. The van der Waals surface area contributed by atoms with Crippen LogP contribution in [0, 0.1) is 19.8 Å². The molecule has 0 aliphatic heterocycles. The van der Waals surface area contributed by atoms with E-state index in [9.17, 15) is 9.90 Å². The molecule has 1 rings (SSSR count). The van der Waals surface area contributed by atoms with Crippen LogP contribution in [0.25, 0.3) is 0 Å². The number of aromatic nitrogens is 2. The summed E-state index contributed by atoms with van der Waals surface area (Å²) in [5.74, 6) is 0.307. The Morgan fingerprint density at radius 2 is 2.11 bits per heavy atom. The second-order valence-corrected chi connectivity index (χ2v) is 5.96. The van der Waals surface area contributed by atoms with E-state index in [1.165, 1.54) is 0 Å². The smallest absolute Gasteiger partial charge is 0.224 e. The van der Waals surface area contributed by atoms with Gasteiger partial charge in [-0.2, -0.15) is 5.10 Å². The van der Waals surface area contributed by atoms with E-state index in [2.05, 4.69) is 29.4 Å². The fourth-order valence-electron chi connectivity index (χ4n) is 2.30. The first-order chi connectivity index (χ1) is 8.71. The molecule has 0 spiro atoms. The number of hydrogen-bond donors (Lipinski definition) is 3. The van der Waals surface area contributed by atoms with Gasteiger partial charge in [-0.05, 0) is 33.1 Å². The summed E-state index contributed by atoms with van der Waals surface area (Å²) in [6, 6.07) is 0. The van der Waals surface area contributed by atoms with E-state index >= 15 is 0 Å². The van der Waals surface area contributed by atoms with Gasteiger partial charge in [-0.15, -0.1) is 0 Å². The first kappa shape index (κ1) is 15.7. The van der Waals surface area contributed by atoms with Crippen LogP contribution in [0.1, 0.15) is 44.1 Å². The molecular formula is C14H25N3O2. The number of aromatic amines is 1. The van der Waals surface area contributed by atoms with Gasteiger partial charge in [0.2, 0.25) is 5.91 Å². The number of amides is 1. The van der Waals surface area contributed by atoms with Crippen molar-refractivity contribution in [2.75, 3.05) is 6.54 Å². The zero-order valence-corrected chi connectivity index (χ0v) is 12.5. The van der Waals surface area contributed by atoms with Crippen LogP contribution in [0.4, 0.5) is 0 Å². The van der Waals surface area contributed by atoms with Gasteiger partial charge in [0, 0.05) is 17.8 Å². The van der Waals surface area contributed by atoms with Crippen LogP contribution < -0.4 is 5.32 Å². The van der Waals surface area contributed by atoms with Crippen molar-refractivity contribution in [2.45, 2.75) is 53.1 Å². The predicted octanol–water partition coefficient (Wildman–Crippen LogP) is 1.48. The van der Waals surface area contributed by atoms with Crippen LogP contribution in [0.15, 0.2) is 0 Å². The zero-order chi connectivity index (χ0) is 14.6. The Labute approximate surface area is 114 Å². The van der Waals surface area contributed by atoms with E-state index in [4.69, 9.17) is 0 Å². The lowest BCUT2D eigenvalue weighted by Crippen LogP contribution is -2.42. The van der Waals surface area contributed by atoms with Crippen molar-refractivity contribution < 1.29 is 9.90 Å². The summed E-state index contributed by atoms with van der Waals surface area (Å²) in [6.45, 7) is 9.91. The molecule has 1 unspecified atom stereocenters. The average Bonchev–Trinajstić information content (AvgIpc) is 2.57. The summed E-state index contributed by atoms with van der Waals surface area (Å²) in [6.07, 6.45) is 0.961. The minimum Gasteiger partial charge on any atom is -0.388 e. The van der Waals surface area contributed by atoms with E-state index in [1.807, 2.05) is 13.8 Å². The lowest BCUT2D eigenvalue weighted by atomic mass is 9.94. The van der Waals surface area contributed by atoms with Crippen molar-refractivity contribution in [2.24, 2.45) is 5.92 Å². The topological polar surface area (TPSA) is 78.0 Å². The van der Waals surface area contributed by atoms with Gasteiger partial charge >= 0.3 is 0 Å². The monoisotopic (exact) mass is 267 g/mol. The van der Waals surface area contributed by atoms with Gasteiger partial charge in [0.05, 0.1) is 17.7 Å². The lowest BCUT2D eigenvalue weighted by Gasteiger charge is -2.25. The van der Waals surface area contributed by atoms with Gasteiger partial charge in [0.25, 0.3) is 0 Å². The SMILES string of the molecule is Cc1n[nH]c(C)c1CC(=O)NCC(C)(O)CC(C)C. The highest BCUT2D eigenvalue weighted by molar-refractivity contribution is 5.79. The fourth-order valence-corrected chi connectivity index (χ4v) is 2.30. The molecule has 0 aliphatic rings. The molecule has 0 fully saturated rings. The number of aliphatic hydroxyl groups is 1. The minimum atomic E-state index is -0.857. The van der Waals surface area contributed by atoms with E-state index in [0.29, 0.717) is 18.8 Å². The van der Waals surface area contributed by atoms with Gasteiger partial charge in [-0.1, -0.05) is 13.8 Å². The zero-order valence-electron chi connectivity index (χ0n) is 12.5. The summed E-state index contributed by atoms with van der Waals surface area (Å²) in [4.78, 5) is 11.9. The number of nitrogens with one attached hydrogen (secondary N) is 2. The highest BCUT2D eigenvalue weighted by atomic mass is 16.3. The Hall–Kier alpha value is -1.36. The molecule has 1 atom stereocenters. The largest absolute Gasteiger partial charge is 0.388 e. The number of carbonyl (C=O) groups is 1. The predicted molar refractivity (Wildman–Crippen MR) is 74.9 cm³/mol. The number of H-pyrrole nitrogens is 1. The van der Waals surface area contributed by atoms with Crippen LogP contribution in [-0.2, 0) is 11.2 Å². The van der Waals surface area contributed by atoms with Crippen LogP contribution in [0.2, 0.25) is 0 Å². The molecule has 0 aliphatic carbocycles. The quantitative estimate of drug-likeness (QED) is 0.730. The summed E-state index contributed by atoms with van der Waals surface area (Å²) >= 11 is 0. The highest BCUT2D eigenvalue weighted by Gasteiger charge is 2.22. The van der Waals surface area contributed by atoms with Crippen molar-refractivity contribution in [3.05, 3.63) is 17.0 Å². The third-order valence-corrected chi connectivity index (χ3v) is 3.13. The molecule has 108 valence electrons. The summed E-state index contributed by atoms with van der Waals surface area (Å²) in [5.41, 5.74) is 1.84. The van der Waals surface area contributed by atoms with Gasteiger partial charge in [0.1, 0.15) is 0 Å². The average molecular weight is 267 g/mol. The molecule has 0 aromatic carbocycles. The third kappa shape index (κ3) is 5.03. The number of hydrogen-bond acceptors (Lipinski definition) is 3. The van der Waals surface area contributed by atoms with Crippen molar-refractivity contribution in [1.29, 1.82) is 0 Å². The first-order valence-electron chi connectivity index (χ1n) is 6.71. The van der Waals surface area contributed by atoms with E-state index in [-0.39, 0.29) is 12.5 Å². The van der Waals surface area contributed by atoms with Crippen LogP contribution in [-0.4, -0.2) is 33.4 Å². The molecule has 5 nitrogen and oxygen atoms in total. The maximum absolute atomic E-state index is 11.9. The van der Waals surface area contributed by atoms with E-state index < -0.39 is 5.60 Å². The molecular weight excluding hydrogens is 242 g/mol. The standard InChI is InChI=1S/C14H25N3O2/c1-9(2)7-14(5,19)8-15-13(18)6-12-10(3)16-17-11(12)4/h9,19H,6-8H2,1-5H3,(H,15,18)(H,16,17). The van der Waals surface area contributed by atoms with Crippen LogP contribution >= 0.6 is 0 Å². The van der Waals surface area contributed by atoms with Gasteiger partial charge in [-0.25, -0.2) is 0 Å². The normalized spacial score (nSPS) is 14.5. The molecule has 0 saturated carbocycles. The van der Waals surface area contributed by atoms with Crippen molar-refractivity contribution >= 4 is 5.91 Å². The molecule has 1 aromatic heterocycles. The fraction of sp³-hybridized carbons (Fsp3) is 0.714. The third-order valence-electron chi connectivity index (χ3n) is 3.13. The molecule has 1 amide bonds. The summed E-state index contributed by atoms with van der Waals surface area (Å²) in [5, 5.41) is 19.9. The lowest BCUT2D eigenvalue weighted by molar-refractivity contribution is -0.121. The molecule has 1 heterocycles. The maximum Gasteiger partial charge on any atom is 0.224 e. The Morgan fingerprint density at radius 1 is 1.47 bits per heavy atom. The van der Waals surface area contributed by atoms with Crippen molar-refractivity contribution in [1.82, 2.24) is 15.5 Å². The Balaban J connectivity index is 2.49. The van der Waals surface area contributed by atoms with Gasteiger partial charge in [0.15, 0.2) is 0 Å². The number of aryl methyl sites for hydroxylation is 2. The van der Waals surface area contributed by atoms with Gasteiger partial charge in [-0.3, -0.25) is 9.89 Å². The van der Waals surface area contributed by atoms with Crippen LogP contribution in [0.5, 0.6) is 0 Å². The second-order valence-electron chi connectivity index (χ2n) is 5.96. The summed E-state index contributed by atoms with van der Waals surface area (Å²) in [7, 11) is 0. The van der Waals surface area contributed by atoms with Crippen molar-refractivity contribution in [3.63, 3.8) is 0 Å². The molecule has 1 aromatic rings. The number of carbonyl (C=O) groups excluding carboxylic acids is 1. The second kappa shape index (κ2) is 6.19. The first-order valence-corrected chi connectivity index (χ1v) is 6.71. The molecule has 3 N–H and O–H groups in total. The number of nitrogens with zero attached hydrogens (tertiary/aromatic N) is 1. The molecule has 5 heteroatoms. The van der Waals surface area contributed by atoms with Gasteiger partial charge < -0.3 is 10.4 Å². The molecule has 19 heavy (non-hydrogen) atoms. The number of rotatable bonds is 6. The highest BCUT2D eigenvalue weighted by Crippen LogP contribution is 2.15. The Kier molecular flexibility index (Phi) is 5.11. The van der Waals surface area contributed by atoms with Crippen molar-refractivity contribution in [3.8, 4) is 0 Å². The molecule has 0 radical (unpaired) electrons. The van der Waals surface area contributed by atoms with E-state index in [0.717, 1.165) is 17.0 Å². The summed E-state index contributed by atoms with van der Waals surface area (Å²) < 4.78 is 0. The Bertz CT molecular complexity index is 416. The van der Waals surface area contributed by atoms with E-state index in [1.54, 1.807) is 6.92 Å².